The van der Waals surface area contributed by atoms with Crippen molar-refractivity contribution in [3.8, 4) is 0 Å². The van der Waals surface area contributed by atoms with E-state index in [0.717, 1.165) is 6.42 Å². The van der Waals surface area contributed by atoms with E-state index in [1.807, 2.05) is 0 Å². The van der Waals surface area contributed by atoms with Crippen LogP contribution in [0.25, 0.3) is 0 Å². The molecule has 1 aliphatic rings. The summed E-state index contributed by atoms with van der Waals surface area (Å²) in [6, 6.07) is -2.19. The molecule has 1 rings (SSSR count). The Morgan fingerprint density at radius 2 is 2.18 bits per heavy atom. The van der Waals surface area contributed by atoms with Crippen molar-refractivity contribution in [2.24, 2.45) is 0 Å². The average molecular weight is 159 g/mol. The minimum Gasteiger partial charge on any atom is -0.330 e. The van der Waals surface area contributed by atoms with Crippen molar-refractivity contribution in [3.05, 3.63) is 0 Å². The molecule has 0 N–H and O–H groups in total. The highest BCUT2D eigenvalue weighted by atomic mass is 19.1. The molecule has 0 spiro atoms. The lowest BCUT2D eigenvalue weighted by Gasteiger charge is -2.18. The van der Waals surface area contributed by atoms with Crippen molar-refractivity contribution in [1.82, 2.24) is 4.90 Å². The zero-order chi connectivity index (χ0) is 8.43. The van der Waals surface area contributed by atoms with Gasteiger partial charge in [-0.1, -0.05) is 0 Å². The van der Waals surface area contributed by atoms with Gasteiger partial charge in [0.15, 0.2) is 0 Å². The molecule has 0 radical (unpaired) electrons. The lowest BCUT2D eigenvalue weighted by atomic mass is 10.2. The first-order chi connectivity index (χ1) is 5.13. The molecule has 1 amide bonds. The molecule has 0 aliphatic carbocycles. The summed E-state index contributed by atoms with van der Waals surface area (Å²) in [6.07, 6.45) is 1.19. The molecule has 3 nitrogen and oxygen atoms in total. The van der Waals surface area contributed by atoms with Gasteiger partial charge in [0.05, 0.1) is 0 Å². The molecule has 1 fully saturated rings. The number of hydrogen-bond donors (Lipinski definition) is 0. The fraction of sp³-hybridized carbons (Fsp3) is 0.714. The molecule has 0 aromatic carbocycles. The van der Waals surface area contributed by atoms with Crippen molar-refractivity contribution in [2.75, 3.05) is 6.54 Å². The monoisotopic (exact) mass is 159 g/mol. The summed E-state index contributed by atoms with van der Waals surface area (Å²) in [4.78, 5) is 22.3. The molecule has 0 aromatic heterocycles. The Balaban J connectivity index is 2.65. The SMILES string of the molecule is CC(=O)N1CCC[C@H]1C(=O)F. The van der Waals surface area contributed by atoms with Gasteiger partial charge < -0.3 is 4.90 Å². The molecular weight excluding hydrogens is 149 g/mol. The Bertz CT molecular complexity index is 173. The lowest BCUT2D eigenvalue weighted by molar-refractivity contribution is -0.141. The molecule has 0 aromatic rings. The smallest absolute Gasteiger partial charge is 0.323 e. The molecule has 4 heteroatoms. The van der Waals surface area contributed by atoms with E-state index < -0.39 is 12.1 Å². The van der Waals surface area contributed by atoms with Crippen molar-refractivity contribution in [1.29, 1.82) is 0 Å². The van der Waals surface area contributed by atoms with Crippen LogP contribution >= 0.6 is 0 Å². The number of halogens is 1. The maximum Gasteiger partial charge on any atom is 0.323 e. The zero-order valence-electron chi connectivity index (χ0n) is 6.34. The third-order valence-corrected chi connectivity index (χ3v) is 1.92. The maximum absolute atomic E-state index is 12.2. The average Bonchev–Trinajstić information content (AvgIpc) is 2.32. The van der Waals surface area contributed by atoms with E-state index >= 15 is 0 Å². The normalized spacial score (nSPS) is 23.8. The zero-order valence-corrected chi connectivity index (χ0v) is 6.34. The van der Waals surface area contributed by atoms with Gasteiger partial charge in [-0.2, -0.15) is 4.39 Å². The summed E-state index contributed by atoms with van der Waals surface area (Å²) in [5.74, 6) is -0.224. The summed E-state index contributed by atoms with van der Waals surface area (Å²) in [5, 5.41) is 0. The Morgan fingerprint density at radius 1 is 1.55 bits per heavy atom. The predicted octanol–water partition coefficient (Wildman–Crippen LogP) is 0.493. The highest BCUT2D eigenvalue weighted by Gasteiger charge is 2.32. The predicted molar refractivity (Wildman–Crippen MR) is 36.5 cm³/mol. The molecule has 1 aliphatic heterocycles. The first-order valence-electron chi connectivity index (χ1n) is 3.59. The molecule has 0 bridgehead atoms. The van der Waals surface area contributed by atoms with E-state index in [9.17, 15) is 14.0 Å². The van der Waals surface area contributed by atoms with Gasteiger partial charge in [0.25, 0.3) is 0 Å². The Hall–Kier alpha value is -0.930. The number of carbonyl (C=O) groups excluding carboxylic acids is 2. The quantitative estimate of drug-likeness (QED) is 0.522. The van der Waals surface area contributed by atoms with E-state index in [2.05, 4.69) is 0 Å². The second kappa shape index (κ2) is 2.98. The summed E-state index contributed by atoms with van der Waals surface area (Å²) < 4.78 is 12.2. The molecule has 0 saturated carbocycles. The molecule has 0 unspecified atom stereocenters. The number of rotatable bonds is 1. The highest BCUT2D eigenvalue weighted by Crippen LogP contribution is 2.17. The van der Waals surface area contributed by atoms with Crippen LogP contribution < -0.4 is 0 Å². The first-order valence-corrected chi connectivity index (χ1v) is 3.59. The Morgan fingerprint density at radius 3 is 2.55 bits per heavy atom. The minimum atomic E-state index is -1.39. The van der Waals surface area contributed by atoms with Gasteiger partial charge in [-0.05, 0) is 12.8 Å². The van der Waals surface area contributed by atoms with Crippen molar-refractivity contribution < 1.29 is 14.0 Å². The third kappa shape index (κ3) is 1.56. The van der Waals surface area contributed by atoms with Gasteiger partial charge >= 0.3 is 6.04 Å². The first kappa shape index (κ1) is 8.17. The molecule has 1 heterocycles. The molecule has 11 heavy (non-hydrogen) atoms. The van der Waals surface area contributed by atoms with Crippen LogP contribution in [0.5, 0.6) is 0 Å². The summed E-state index contributed by atoms with van der Waals surface area (Å²) in [5.41, 5.74) is 0. The second-order valence-corrected chi connectivity index (χ2v) is 2.67. The topological polar surface area (TPSA) is 37.4 Å². The molecule has 1 saturated heterocycles. The minimum absolute atomic E-state index is 0.224. The van der Waals surface area contributed by atoms with Gasteiger partial charge in [0, 0.05) is 13.5 Å². The Labute approximate surface area is 64.2 Å². The third-order valence-electron chi connectivity index (χ3n) is 1.92. The number of likely N-dealkylation sites (tertiary alicyclic amines) is 1. The van der Waals surface area contributed by atoms with E-state index in [1.165, 1.54) is 11.8 Å². The molecule has 1 atom stereocenters. The number of amides is 1. The summed E-state index contributed by atoms with van der Waals surface area (Å²) >= 11 is 0. The molecular formula is C7H10FNO2. The summed E-state index contributed by atoms with van der Waals surface area (Å²) in [7, 11) is 0. The van der Waals surface area contributed by atoms with Crippen LogP contribution in [0.4, 0.5) is 4.39 Å². The maximum atomic E-state index is 12.2. The standard InChI is InChI=1S/C7H10FNO2/c1-5(10)9-4-2-3-6(9)7(8)11/h6H,2-4H2,1H3/t6-/m0/s1. The van der Waals surface area contributed by atoms with Crippen LogP contribution in [0.2, 0.25) is 0 Å². The van der Waals surface area contributed by atoms with Crippen LogP contribution in [-0.2, 0) is 9.59 Å². The number of hydrogen-bond acceptors (Lipinski definition) is 2. The lowest BCUT2D eigenvalue weighted by Crippen LogP contribution is -2.37. The van der Waals surface area contributed by atoms with Crippen molar-refractivity contribution in [2.45, 2.75) is 25.8 Å². The fourth-order valence-corrected chi connectivity index (χ4v) is 1.38. The van der Waals surface area contributed by atoms with Gasteiger partial charge in [0.1, 0.15) is 6.04 Å². The van der Waals surface area contributed by atoms with Crippen molar-refractivity contribution >= 4 is 11.9 Å². The van der Waals surface area contributed by atoms with Crippen LogP contribution in [0.3, 0.4) is 0 Å². The highest BCUT2D eigenvalue weighted by molar-refractivity contribution is 5.83. The Kier molecular flexibility index (Phi) is 2.22. The van der Waals surface area contributed by atoms with E-state index in [-0.39, 0.29) is 5.91 Å². The van der Waals surface area contributed by atoms with Crippen molar-refractivity contribution in [3.63, 3.8) is 0 Å². The summed E-state index contributed by atoms with van der Waals surface area (Å²) in [6.45, 7) is 1.86. The number of nitrogens with zero attached hydrogens (tertiary/aromatic N) is 1. The van der Waals surface area contributed by atoms with E-state index in [0.29, 0.717) is 13.0 Å². The molecule has 62 valence electrons. The van der Waals surface area contributed by atoms with Gasteiger partial charge in [-0.3, -0.25) is 9.59 Å². The van der Waals surface area contributed by atoms with Crippen LogP contribution in [-0.4, -0.2) is 29.4 Å². The van der Waals surface area contributed by atoms with E-state index in [1.54, 1.807) is 0 Å². The van der Waals surface area contributed by atoms with Gasteiger partial charge in [-0.15, -0.1) is 0 Å². The largest absolute Gasteiger partial charge is 0.330 e. The van der Waals surface area contributed by atoms with Crippen LogP contribution in [0.15, 0.2) is 0 Å². The van der Waals surface area contributed by atoms with Gasteiger partial charge in [0.2, 0.25) is 5.91 Å². The van der Waals surface area contributed by atoms with Crippen LogP contribution in [0, 0.1) is 0 Å². The second-order valence-electron chi connectivity index (χ2n) is 2.67. The van der Waals surface area contributed by atoms with Crippen LogP contribution in [0.1, 0.15) is 19.8 Å². The van der Waals surface area contributed by atoms with Gasteiger partial charge in [-0.25, -0.2) is 0 Å². The number of carbonyl (C=O) groups is 2. The van der Waals surface area contributed by atoms with E-state index in [4.69, 9.17) is 0 Å². The fourth-order valence-electron chi connectivity index (χ4n) is 1.38.